The van der Waals surface area contributed by atoms with Crippen molar-refractivity contribution in [2.75, 3.05) is 13.2 Å². The topological polar surface area (TPSA) is 103 Å². The number of nitrogens with zero attached hydrogens (tertiary/aromatic N) is 3. The number of aromatic nitrogens is 2. The third kappa shape index (κ3) is 5.65. The van der Waals surface area contributed by atoms with Crippen LogP contribution in [-0.4, -0.2) is 45.1 Å². The van der Waals surface area contributed by atoms with Gasteiger partial charge in [0.05, 0.1) is 19.2 Å². The van der Waals surface area contributed by atoms with Crippen molar-refractivity contribution in [3.63, 3.8) is 0 Å². The van der Waals surface area contributed by atoms with Crippen molar-refractivity contribution < 1.29 is 14.9 Å². The third-order valence-electron chi connectivity index (χ3n) is 5.90. The molecule has 0 amide bonds. The van der Waals surface area contributed by atoms with Gasteiger partial charge in [-0.2, -0.15) is 5.26 Å². The van der Waals surface area contributed by atoms with Crippen LogP contribution in [0, 0.1) is 23.2 Å². The molecule has 1 heterocycles. The first-order valence-corrected chi connectivity index (χ1v) is 11.4. The molecule has 4 rings (SSSR count). The fraction of sp³-hybridized carbons (Fsp3) is 0.333. The minimum absolute atomic E-state index is 0.173. The van der Waals surface area contributed by atoms with Gasteiger partial charge in [0, 0.05) is 24.0 Å². The second-order valence-corrected chi connectivity index (χ2v) is 8.39. The van der Waals surface area contributed by atoms with Crippen molar-refractivity contribution in [2.45, 2.75) is 44.1 Å². The first-order valence-electron chi connectivity index (χ1n) is 11.4. The van der Waals surface area contributed by atoms with Crippen LogP contribution in [0.1, 0.15) is 43.3 Å². The van der Waals surface area contributed by atoms with Crippen LogP contribution >= 0.6 is 0 Å². The molecule has 1 aliphatic rings. The fourth-order valence-corrected chi connectivity index (χ4v) is 3.96. The lowest BCUT2D eigenvalue weighted by Crippen LogP contribution is -2.46. The number of aliphatic hydroxyl groups is 2. The lowest BCUT2D eigenvalue weighted by atomic mass is 9.89. The fourth-order valence-electron chi connectivity index (χ4n) is 3.96. The largest absolute Gasteiger partial charge is 0.490 e. The summed E-state index contributed by atoms with van der Waals surface area (Å²) in [5, 5.41) is 31.4. The number of benzene rings is 2. The Morgan fingerprint density at radius 3 is 2.44 bits per heavy atom. The minimum atomic E-state index is -0.737. The maximum atomic E-state index is 9.84. The lowest BCUT2D eigenvalue weighted by molar-refractivity contribution is 0.0869. The highest BCUT2D eigenvalue weighted by Crippen LogP contribution is 2.28. The Kier molecular flexibility index (Phi) is 7.61. The summed E-state index contributed by atoms with van der Waals surface area (Å²) in [7, 11) is 0. The van der Waals surface area contributed by atoms with E-state index in [4.69, 9.17) is 10.00 Å². The number of hydrogen-bond acceptors (Lipinski definition) is 6. The first kappa shape index (κ1) is 23.5. The highest BCUT2D eigenvalue weighted by atomic mass is 16.5. The molecule has 0 aliphatic heterocycles. The van der Waals surface area contributed by atoms with Gasteiger partial charge in [-0.25, -0.2) is 4.98 Å². The predicted molar refractivity (Wildman–Crippen MR) is 129 cm³/mol. The molecular weight excluding hydrogens is 428 g/mol. The molecule has 2 aromatic carbocycles. The summed E-state index contributed by atoms with van der Waals surface area (Å²) >= 11 is 0. The van der Waals surface area contributed by atoms with Crippen LogP contribution < -0.4 is 10.1 Å². The zero-order chi connectivity index (χ0) is 23.9. The SMILES string of the molecule is C[C@H](O)c1nccn1[C@@H](C#Cc1ccc(-c2ccc(OC3CC(NCC#N)C3)cc2)cc1)CO. The second kappa shape index (κ2) is 11.0. The molecule has 174 valence electrons. The Morgan fingerprint density at radius 2 is 1.82 bits per heavy atom. The summed E-state index contributed by atoms with van der Waals surface area (Å²) in [6.07, 6.45) is 4.60. The van der Waals surface area contributed by atoms with E-state index in [1.54, 1.807) is 23.9 Å². The monoisotopic (exact) mass is 456 g/mol. The van der Waals surface area contributed by atoms with Crippen molar-refractivity contribution in [3.05, 3.63) is 72.3 Å². The number of nitriles is 1. The van der Waals surface area contributed by atoms with Gasteiger partial charge in [-0.15, -0.1) is 0 Å². The van der Waals surface area contributed by atoms with E-state index in [0.29, 0.717) is 18.4 Å². The minimum Gasteiger partial charge on any atom is -0.490 e. The Morgan fingerprint density at radius 1 is 1.15 bits per heavy atom. The molecule has 2 atom stereocenters. The van der Waals surface area contributed by atoms with Crippen molar-refractivity contribution in [2.24, 2.45) is 0 Å². The zero-order valence-electron chi connectivity index (χ0n) is 19.1. The molecule has 1 saturated carbocycles. The van der Waals surface area contributed by atoms with Crippen molar-refractivity contribution >= 4 is 0 Å². The molecule has 0 saturated heterocycles. The second-order valence-electron chi connectivity index (χ2n) is 8.39. The van der Waals surface area contributed by atoms with Gasteiger partial charge in [-0.3, -0.25) is 0 Å². The van der Waals surface area contributed by atoms with E-state index in [9.17, 15) is 10.2 Å². The lowest BCUT2D eigenvalue weighted by Gasteiger charge is -2.35. The molecule has 0 unspecified atom stereocenters. The van der Waals surface area contributed by atoms with Crippen LogP contribution in [0.25, 0.3) is 11.1 Å². The van der Waals surface area contributed by atoms with Crippen LogP contribution in [0.3, 0.4) is 0 Å². The maximum Gasteiger partial charge on any atom is 0.138 e. The Labute approximate surface area is 199 Å². The van der Waals surface area contributed by atoms with Crippen molar-refractivity contribution in [1.29, 1.82) is 5.26 Å². The zero-order valence-corrected chi connectivity index (χ0v) is 19.1. The molecule has 7 heteroatoms. The average molecular weight is 457 g/mol. The number of hydrogen-bond donors (Lipinski definition) is 3. The summed E-state index contributed by atoms with van der Waals surface area (Å²) in [6.45, 7) is 1.84. The highest BCUT2D eigenvalue weighted by molar-refractivity contribution is 5.65. The number of ether oxygens (including phenoxy) is 1. The van der Waals surface area contributed by atoms with Gasteiger partial charge in [0.25, 0.3) is 0 Å². The van der Waals surface area contributed by atoms with E-state index in [0.717, 1.165) is 35.3 Å². The molecule has 3 aromatic rings. The maximum absolute atomic E-state index is 9.84. The van der Waals surface area contributed by atoms with Crippen LogP contribution in [0.4, 0.5) is 0 Å². The van der Waals surface area contributed by atoms with Gasteiger partial charge in [0.2, 0.25) is 0 Å². The standard InChI is InChI=1S/C27H28N4O3/c1-19(33)27-30-14-15-31(27)24(18-32)9-4-20-2-5-21(6-3-20)22-7-10-25(11-8-22)34-26-16-23(17-26)29-13-12-28/h2-3,5-8,10-11,14-15,19,23-24,26,29,32-33H,13,16-18H2,1H3/t19-,23?,24-,26?/m0/s1. The van der Waals surface area contributed by atoms with Crippen LogP contribution in [-0.2, 0) is 0 Å². The summed E-state index contributed by atoms with van der Waals surface area (Å²) in [5.41, 5.74) is 3.00. The summed E-state index contributed by atoms with van der Waals surface area (Å²) in [5.74, 6) is 7.50. The van der Waals surface area contributed by atoms with Crippen LogP contribution in [0.15, 0.2) is 60.9 Å². The van der Waals surface area contributed by atoms with E-state index in [-0.39, 0.29) is 12.7 Å². The Bertz CT molecular complexity index is 1180. The Hall–Kier alpha value is -3.62. The van der Waals surface area contributed by atoms with E-state index >= 15 is 0 Å². The van der Waals surface area contributed by atoms with Gasteiger partial charge < -0.3 is 24.8 Å². The molecule has 1 aromatic heterocycles. The summed E-state index contributed by atoms with van der Waals surface area (Å²) < 4.78 is 7.70. The van der Waals surface area contributed by atoms with E-state index in [1.807, 2.05) is 48.5 Å². The molecule has 34 heavy (non-hydrogen) atoms. The number of rotatable bonds is 8. The molecule has 3 N–H and O–H groups in total. The van der Waals surface area contributed by atoms with E-state index < -0.39 is 12.1 Å². The molecule has 0 radical (unpaired) electrons. The summed E-state index contributed by atoms with van der Waals surface area (Å²) in [4.78, 5) is 4.14. The van der Waals surface area contributed by atoms with Crippen molar-refractivity contribution in [1.82, 2.24) is 14.9 Å². The molecule has 7 nitrogen and oxygen atoms in total. The molecule has 0 spiro atoms. The predicted octanol–water partition coefficient (Wildman–Crippen LogP) is 3.21. The number of aliphatic hydroxyl groups excluding tert-OH is 2. The Balaban J connectivity index is 1.36. The molecule has 1 fully saturated rings. The van der Waals surface area contributed by atoms with Crippen LogP contribution in [0.2, 0.25) is 0 Å². The van der Waals surface area contributed by atoms with Gasteiger partial charge in [0.15, 0.2) is 0 Å². The van der Waals surface area contributed by atoms with Crippen LogP contribution in [0.5, 0.6) is 5.75 Å². The van der Waals surface area contributed by atoms with E-state index in [2.05, 4.69) is 28.2 Å². The average Bonchev–Trinajstić information content (AvgIpc) is 3.32. The molecule has 1 aliphatic carbocycles. The van der Waals surface area contributed by atoms with E-state index in [1.165, 1.54) is 0 Å². The smallest absolute Gasteiger partial charge is 0.138 e. The first-order chi connectivity index (χ1) is 16.6. The van der Waals surface area contributed by atoms with Gasteiger partial charge >= 0.3 is 0 Å². The number of imidazole rings is 1. The van der Waals surface area contributed by atoms with Crippen molar-refractivity contribution in [3.8, 4) is 34.8 Å². The quantitative estimate of drug-likeness (QED) is 0.355. The normalized spacial score (nSPS) is 18.6. The molecular formula is C27H28N4O3. The van der Waals surface area contributed by atoms with Gasteiger partial charge in [-0.1, -0.05) is 36.1 Å². The molecule has 0 bridgehead atoms. The number of nitrogens with one attached hydrogen (secondary N) is 1. The van der Waals surface area contributed by atoms with Gasteiger partial charge in [0.1, 0.15) is 29.8 Å². The highest BCUT2D eigenvalue weighted by Gasteiger charge is 2.30. The van der Waals surface area contributed by atoms with Gasteiger partial charge in [-0.05, 0) is 55.2 Å². The third-order valence-corrected chi connectivity index (χ3v) is 5.90. The summed E-state index contributed by atoms with van der Waals surface area (Å²) in [6, 6.07) is 18.0.